The van der Waals surface area contributed by atoms with Gasteiger partial charge in [0, 0.05) is 29.4 Å². The summed E-state index contributed by atoms with van der Waals surface area (Å²) in [6.45, 7) is 2.07. The molecule has 2 fully saturated rings. The number of carbonyl (C=O) groups excluding carboxylic acids is 1. The van der Waals surface area contributed by atoms with Crippen LogP contribution in [0.4, 0.5) is 5.13 Å². The Morgan fingerprint density at radius 3 is 2.60 bits per heavy atom. The van der Waals surface area contributed by atoms with Gasteiger partial charge in [-0.15, -0.1) is 23.7 Å². The van der Waals surface area contributed by atoms with E-state index in [2.05, 4.69) is 46.8 Å². The largest absolute Gasteiger partial charge is 0.311 e. The summed E-state index contributed by atoms with van der Waals surface area (Å²) in [6.07, 6.45) is 5.44. The average Bonchev–Trinajstić information content (AvgIpc) is 3.14. The van der Waals surface area contributed by atoms with Gasteiger partial charge in [-0.25, -0.2) is 4.98 Å². The zero-order valence-electron chi connectivity index (χ0n) is 14.3. The molecule has 6 heteroatoms. The molecule has 0 radical (unpaired) electrons. The third kappa shape index (κ3) is 4.40. The van der Waals surface area contributed by atoms with Gasteiger partial charge >= 0.3 is 0 Å². The second kappa shape index (κ2) is 7.85. The fourth-order valence-electron chi connectivity index (χ4n) is 3.96. The number of hydrogen-bond acceptors (Lipinski definition) is 4. The van der Waals surface area contributed by atoms with Gasteiger partial charge < -0.3 is 10.6 Å². The summed E-state index contributed by atoms with van der Waals surface area (Å²) in [5.41, 5.74) is 3.25. The van der Waals surface area contributed by atoms with Crippen LogP contribution in [0.1, 0.15) is 37.7 Å². The van der Waals surface area contributed by atoms with Crippen LogP contribution >= 0.6 is 23.7 Å². The van der Waals surface area contributed by atoms with E-state index in [-0.39, 0.29) is 18.3 Å². The highest BCUT2D eigenvalue weighted by Gasteiger charge is 2.34. The van der Waals surface area contributed by atoms with E-state index in [9.17, 15) is 4.79 Å². The Morgan fingerprint density at radius 2 is 1.92 bits per heavy atom. The monoisotopic (exact) mass is 377 g/mol. The van der Waals surface area contributed by atoms with Gasteiger partial charge in [-0.05, 0) is 38.5 Å². The molecule has 0 aliphatic carbocycles. The number of nitrogens with one attached hydrogen (secondary N) is 2. The van der Waals surface area contributed by atoms with Crippen LogP contribution in [0.3, 0.4) is 0 Å². The molecule has 0 saturated carbocycles. The topological polar surface area (TPSA) is 54.0 Å². The molecule has 1 aromatic heterocycles. The Morgan fingerprint density at radius 1 is 1.24 bits per heavy atom. The predicted octanol–water partition coefficient (Wildman–Crippen LogP) is 4.40. The Balaban J connectivity index is 0.00000182. The molecule has 4 rings (SSSR count). The number of piperidine rings is 1. The van der Waals surface area contributed by atoms with Crippen molar-refractivity contribution in [3.63, 3.8) is 0 Å². The fraction of sp³-hybridized carbons (Fsp3) is 0.474. The first kappa shape index (κ1) is 18.4. The first-order valence-electron chi connectivity index (χ1n) is 8.74. The smallest absolute Gasteiger partial charge is 0.226 e. The number of halogens is 1. The van der Waals surface area contributed by atoms with Gasteiger partial charge in [0.25, 0.3) is 0 Å². The van der Waals surface area contributed by atoms with E-state index < -0.39 is 0 Å². The van der Waals surface area contributed by atoms with E-state index >= 15 is 0 Å². The van der Waals surface area contributed by atoms with Gasteiger partial charge in [0.05, 0.1) is 5.69 Å². The maximum absolute atomic E-state index is 12.3. The number of nitrogens with zero attached hydrogens (tertiary/aromatic N) is 1. The summed E-state index contributed by atoms with van der Waals surface area (Å²) < 4.78 is 0. The van der Waals surface area contributed by atoms with Crippen LogP contribution in [0.2, 0.25) is 0 Å². The maximum Gasteiger partial charge on any atom is 0.226 e. The number of hydrogen-bond donors (Lipinski definition) is 2. The number of rotatable bonds is 4. The Bertz CT molecular complexity index is 719. The molecule has 2 bridgehead atoms. The molecule has 2 atom stereocenters. The minimum Gasteiger partial charge on any atom is -0.311 e. The number of amides is 1. The first-order chi connectivity index (χ1) is 11.7. The molecule has 134 valence electrons. The molecule has 4 nitrogen and oxygen atoms in total. The molecule has 2 saturated heterocycles. The van der Waals surface area contributed by atoms with Crippen molar-refractivity contribution in [3.8, 4) is 11.3 Å². The van der Waals surface area contributed by atoms with Gasteiger partial charge in [-0.3, -0.25) is 4.79 Å². The van der Waals surface area contributed by atoms with Crippen molar-refractivity contribution < 1.29 is 4.79 Å². The highest BCUT2D eigenvalue weighted by molar-refractivity contribution is 7.14. The van der Waals surface area contributed by atoms with Crippen LogP contribution in [0.25, 0.3) is 11.3 Å². The number of benzene rings is 1. The van der Waals surface area contributed by atoms with E-state index in [1.165, 1.54) is 29.7 Å². The van der Waals surface area contributed by atoms with E-state index in [1.807, 2.05) is 5.38 Å². The average molecular weight is 378 g/mol. The van der Waals surface area contributed by atoms with Crippen molar-refractivity contribution in [2.24, 2.45) is 5.92 Å². The third-order valence-corrected chi connectivity index (χ3v) is 5.90. The van der Waals surface area contributed by atoms with E-state index in [4.69, 9.17) is 0 Å². The van der Waals surface area contributed by atoms with Crippen LogP contribution in [-0.4, -0.2) is 23.0 Å². The van der Waals surface area contributed by atoms with Crippen LogP contribution in [0.5, 0.6) is 0 Å². The van der Waals surface area contributed by atoms with Gasteiger partial charge in [-0.2, -0.15) is 0 Å². The van der Waals surface area contributed by atoms with Crippen molar-refractivity contribution in [1.29, 1.82) is 0 Å². The van der Waals surface area contributed by atoms with Crippen LogP contribution in [0, 0.1) is 12.8 Å². The standard InChI is InChI=1S/C19H23N3OS.ClH/c1-12-2-4-14(5-3-12)17-11-24-19(21-17)22-18(23)10-13-8-15-6-7-16(9-13)20-15;/h2-5,11,13,15-16,20H,6-10H2,1H3,(H,21,22,23);1H. The first-order valence-corrected chi connectivity index (χ1v) is 9.62. The summed E-state index contributed by atoms with van der Waals surface area (Å²) in [4.78, 5) is 16.9. The number of fused-ring (bicyclic) bond motifs is 2. The van der Waals surface area contributed by atoms with Crippen LogP contribution in [0.15, 0.2) is 29.6 Å². The van der Waals surface area contributed by atoms with Crippen molar-refractivity contribution in [3.05, 3.63) is 35.2 Å². The molecule has 2 aliphatic heterocycles. The van der Waals surface area contributed by atoms with Gasteiger partial charge in [-0.1, -0.05) is 29.8 Å². The summed E-state index contributed by atoms with van der Waals surface area (Å²) in [6, 6.07) is 9.57. The Kier molecular flexibility index (Phi) is 5.77. The molecule has 25 heavy (non-hydrogen) atoms. The van der Waals surface area contributed by atoms with Crippen molar-refractivity contribution in [2.75, 3.05) is 5.32 Å². The summed E-state index contributed by atoms with van der Waals surface area (Å²) in [5.74, 6) is 0.617. The molecule has 0 spiro atoms. The lowest BCUT2D eigenvalue weighted by Gasteiger charge is -2.28. The lowest BCUT2D eigenvalue weighted by atomic mass is 9.89. The molecule has 1 aromatic carbocycles. The summed E-state index contributed by atoms with van der Waals surface area (Å²) >= 11 is 1.50. The number of anilines is 1. The second-order valence-corrected chi connectivity index (χ2v) is 7.99. The number of carbonyl (C=O) groups is 1. The van der Waals surface area contributed by atoms with Gasteiger partial charge in [0.1, 0.15) is 0 Å². The zero-order valence-corrected chi connectivity index (χ0v) is 16.0. The number of aryl methyl sites for hydroxylation is 1. The molecule has 2 N–H and O–H groups in total. The minimum absolute atomic E-state index is 0. The zero-order chi connectivity index (χ0) is 16.5. The quantitative estimate of drug-likeness (QED) is 0.830. The van der Waals surface area contributed by atoms with E-state index in [1.54, 1.807) is 0 Å². The number of thiazole rings is 1. The normalized spacial score (nSPS) is 24.6. The molecule has 2 unspecified atom stereocenters. The van der Waals surface area contributed by atoms with Crippen molar-refractivity contribution in [2.45, 2.75) is 51.1 Å². The predicted molar refractivity (Wildman–Crippen MR) is 105 cm³/mol. The molecular formula is C19H24ClN3OS. The summed E-state index contributed by atoms with van der Waals surface area (Å²) in [5, 5.41) is 9.32. The van der Waals surface area contributed by atoms with Gasteiger partial charge in [0.2, 0.25) is 5.91 Å². The molecular weight excluding hydrogens is 354 g/mol. The molecule has 2 aromatic rings. The highest BCUT2D eigenvalue weighted by Crippen LogP contribution is 2.33. The third-order valence-electron chi connectivity index (χ3n) is 5.14. The van der Waals surface area contributed by atoms with E-state index in [0.29, 0.717) is 29.6 Å². The number of aromatic nitrogens is 1. The van der Waals surface area contributed by atoms with Gasteiger partial charge in [0.15, 0.2) is 5.13 Å². The lowest BCUT2D eigenvalue weighted by molar-refractivity contribution is -0.117. The fourth-order valence-corrected chi connectivity index (χ4v) is 4.70. The van der Waals surface area contributed by atoms with Crippen LogP contribution < -0.4 is 10.6 Å². The summed E-state index contributed by atoms with van der Waals surface area (Å²) in [7, 11) is 0. The van der Waals surface area contributed by atoms with Crippen molar-refractivity contribution in [1.82, 2.24) is 10.3 Å². The maximum atomic E-state index is 12.3. The SMILES string of the molecule is Cc1ccc(-c2csc(NC(=O)CC3CC4CCC(C3)N4)n2)cc1.Cl. The second-order valence-electron chi connectivity index (χ2n) is 7.13. The minimum atomic E-state index is 0. The van der Waals surface area contributed by atoms with Crippen molar-refractivity contribution >= 4 is 34.8 Å². The Hall–Kier alpha value is -1.43. The molecule has 2 aliphatic rings. The molecule has 1 amide bonds. The Labute approximate surface area is 158 Å². The van der Waals surface area contributed by atoms with E-state index in [0.717, 1.165) is 24.1 Å². The molecule has 3 heterocycles. The van der Waals surface area contributed by atoms with Crippen LogP contribution in [-0.2, 0) is 4.79 Å². The highest BCUT2D eigenvalue weighted by atomic mass is 35.5. The lowest BCUT2D eigenvalue weighted by Crippen LogP contribution is -2.39.